The first-order valence-corrected chi connectivity index (χ1v) is 6.84. The molecule has 2 rings (SSSR count). The zero-order valence-corrected chi connectivity index (χ0v) is 11.9. The number of hydrogen-bond donors (Lipinski definition) is 2. The third-order valence-electron chi connectivity index (χ3n) is 3.10. The van der Waals surface area contributed by atoms with Crippen molar-refractivity contribution in [2.45, 2.75) is 51.2 Å². The molecule has 0 aromatic heterocycles. The topological polar surface area (TPSA) is 70.7 Å². The molecule has 0 aromatic rings. The van der Waals surface area contributed by atoms with Gasteiger partial charge in [0.05, 0.1) is 13.2 Å². The molecule has 6 heteroatoms. The van der Waals surface area contributed by atoms with Gasteiger partial charge in [-0.2, -0.15) is 0 Å². The largest absolute Gasteiger partial charge is 0.377 e. The number of nitrogens with one attached hydrogen (secondary N) is 2. The highest BCUT2D eigenvalue weighted by Gasteiger charge is 2.36. The average Bonchev–Trinajstić information content (AvgIpc) is 3.10. The third kappa shape index (κ3) is 4.09. The molecule has 1 saturated heterocycles. The van der Waals surface area contributed by atoms with Crippen LogP contribution in [-0.2, 0) is 9.53 Å². The summed E-state index contributed by atoms with van der Waals surface area (Å²) >= 11 is 0. The lowest BCUT2D eigenvalue weighted by Gasteiger charge is -2.36. The van der Waals surface area contributed by atoms with Crippen molar-refractivity contribution in [3.63, 3.8) is 0 Å². The fourth-order valence-corrected chi connectivity index (χ4v) is 1.98. The van der Waals surface area contributed by atoms with Gasteiger partial charge in [0.2, 0.25) is 5.91 Å². The number of nitrogens with zero attached hydrogens (tertiary/aromatic N) is 1. The summed E-state index contributed by atoms with van der Waals surface area (Å²) in [6, 6.07) is -0.426. The van der Waals surface area contributed by atoms with E-state index in [-0.39, 0.29) is 24.1 Å². The van der Waals surface area contributed by atoms with Crippen molar-refractivity contribution >= 4 is 11.9 Å². The molecule has 1 atom stereocenters. The maximum Gasteiger partial charge on any atom is 0.318 e. The van der Waals surface area contributed by atoms with Crippen molar-refractivity contribution in [1.82, 2.24) is 15.5 Å². The van der Waals surface area contributed by atoms with E-state index in [1.165, 1.54) is 0 Å². The molecule has 3 amide bonds. The van der Waals surface area contributed by atoms with Gasteiger partial charge in [0.25, 0.3) is 0 Å². The highest BCUT2D eigenvalue weighted by Crippen LogP contribution is 2.19. The molecule has 1 aliphatic carbocycles. The molecule has 1 saturated carbocycles. The van der Waals surface area contributed by atoms with E-state index in [4.69, 9.17) is 4.74 Å². The van der Waals surface area contributed by atoms with Gasteiger partial charge in [-0.25, -0.2) is 4.79 Å². The number of ether oxygens (including phenoxy) is 1. The van der Waals surface area contributed by atoms with Crippen molar-refractivity contribution in [1.29, 1.82) is 0 Å². The Kier molecular flexibility index (Phi) is 3.99. The normalized spacial score (nSPS) is 23.9. The summed E-state index contributed by atoms with van der Waals surface area (Å²) in [5, 5.41) is 5.82. The Morgan fingerprint density at radius 1 is 1.26 bits per heavy atom. The van der Waals surface area contributed by atoms with Crippen LogP contribution in [0.2, 0.25) is 0 Å². The predicted molar refractivity (Wildman–Crippen MR) is 70.8 cm³/mol. The van der Waals surface area contributed by atoms with E-state index < -0.39 is 6.04 Å². The van der Waals surface area contributed by atoms with Crippen molar-refractivity contribution < 1.29 is 14.3 Å². The van der Waals surface area contributed by atoms with Crippen LogP contribution in [0.15, 0.2) is 0 Å². The summed E-state index contributed by atoms with van der Waals surface area (Å²) in [5.74, 6) is -0.105. The Morgan fingerprint density at radius 3 is 2.53 bits per heavy atom. The average molecular weight is 269 g/mol. The fourth-order valence-electron chi connectivity index (χ4n) is 1.98. The maximum absolute atomic E-state index is 12.2. The summed E-state index contributed by atoms with van der Waals surface area (Å²) in [4.78, 5) is 25.9. The molecular formula is C13H23N3O3. The second-order valence-corrected chi connectivity index (χ2v) is 6.25. The van der Waals surface area contributed by atoms with Gasteiger partial charge in [0.15, 0.2) is 0 Å². The molecule has 2 N–H and O–H groups in total. The summed E-state index contributed by atoms with van der Waals surface area (Å²) in [6.45, 7) is 6.96. The quantitative estimate of drug-likeness (QED) is 0.765. The Hall–Kier alpha value is -1.30. The van der Waals surface area contributed by atoms with E-state index in [1.807, 2.05) is 20.8 Å². The van der Waals surface area contributed by atoms with E-state index in [9.17, 15) is 9.59 Å². The Morgan fingerprint density at radius 2 is 1.95 bits per heavy atom. The van der Waals surface area contributed by atoms with E-state index >= 15 is 0 Å². The van der Waals surface area contributed by atoms with Crippen LogP contribution in [-0.4, -0.2) is 54.2 Å². The Labute approximate surface area is 113 Å². The van der Waals surface area contributed by atoms with Crippen LogP contribution in [0.3, 0.4) is 0 Å². The highest BCUT2D eigenvalue weighted by molar-refractivity contribution is 5.88. The Bertz CT molecular complexity index is 361. The van der Waals surface area contributed by atoms with E-state index in [0.717, 1.165) is 12.8 Å². The SMILES string of the molecule is CC(C)(C)NC(=O)N1CCOCC1C(=O)NC1CC1. The van der Waals surface area contributed by atoms with Crippen molar-refractivity contribution in [2.75, 3.05) is 19.8 Å². The second-order valence-electron chi connectivity index (χ2n) is 6.25. The first-order chi connectivity index (χ1) is 8.87. The smallest absolute Gasteiger partial charge is 0.318 e. The summed E-state index contributed by atoms with van der Waals surface area (Å²) in [7, 11) is 0. The van der Waals surface area contributed by atoms with Gasteiger partial charge in [-0.15, -0.1) is 0 Å². The van der Waals surface area contributed by atoms with Gasteiger partial charge >= 0.3 is 6.03 Å². The molecule has 0 radical (unpaired) electrons. The van der Waals surface area contributed by atoms with Crippen molar-refractivity contribution in [3.05, 3.63) is 0 Å². The van der Waals surface area contributed by atoms with E-state index in [0.29, 0.717) is 19.2 Å². The molecule has 1 unspecified atom stereocenters. The van der Waals surface area contributed by atoms with Gasteiger partial charge < -0.3 is 20.3 Å². The maximum atomic E-state index is 12.2. The van der Waals surface area contributed by atoms with Crippen LogP contribution >= 0.6 is 0 Å². The fraction of sp³-hybridized carbons (Fsp3) is 0.846. The molecule has 2 aliphatic rings. The van der Waals surface area contributed by atoms with Crippen molar-refractivity contribution in [2.24, 2.45) is 0 Å². The predicted octanol–water partition coefficient (Wildman–Crippen LogP) is 0.474. The molecule has 6 nitrogen and oxygen atoms in total. The van der Waals surface area contributed by atoms with Crippen LogP contribution in [0.25, 0.3) is 0 Å². The number of carbonyl (C=O) groups excluding carboxylic acids is 2. The number of morpholine rings is 1. The first kappa shape index (κ1) is 14.1. The summed E-state index contributed by atoms with van der Waals surface area (Å²) in [6.07, 6.45) is 2.07. The molecule has 19 heavy (non-hydrogen) atoms. The molecule has 1 aliphatic heterocycles. The van der Waals surface area contributed by atoms with Crippen LogP contribution in [0.5, 0.6) is 0 Å². The number of rotatable bonds is 2. The summed E-state index contributed by atoms with van der Waals surface area (Å²) < 4.78 is 5.33. The van der Waals surface area contributed by atoms with Crippen molar-refractivity contribution in [3.8, 4) is 0 Å². The Balaban J connectivity index is 1.98. The summed E-state index contributed by atoms with van der Waals surface area (Å²) in [5.41, 5.74) is -0.313. The molecule has 1 heterocycles. The van der Waals surface area contributed by atoms with Gasteiger partial charge in [-0.1, -0.05) is 0 Å². The number of hydrogen-bond acceptors (Lipinski definition) is 3. The number of carbonyl (C=O) groups is 2. The molecule has 0 aromatic carbocycles. The van der Waals surface area contributed by atoms with Gasteiger partial charge in [-0.3, -0.25) is 4.79 Å². The molecule has 108 valence electrons. The van der Waals surface area contributed by atoms with E-state index in [2.05, 4.69) is 10.6 Å². The number of amides is 3. The van der Waals surface area contributed by atoms with Crippen LogP contribution in [0.4, 0.5) is 4.79 Å². The zero-order valence-electron chi connectivity index (χ0n) is 11.9. The lowest BCUT2D eigenvalue weighted by Crippen LogP contribution is -2.60. The minimum Gasteiger partial charge on any atom is -0.377 e. The molecule has 2 fully saturated rings. The van der Waals surface area contributed by atoms with Gasteiger partial charge in [0.1, 0.15) is 6.04 Å². The lowest BCUT2D eigenvalue weighted by molar-refractivity contribution is -0.130. The molecule has 0 bridgehead atoms. The third-order valence-corrected chi connectivity index (χ3v) is 3.10. The zero-order chi connectivity index (χ0) is 14.0. The standard InChI is InChI=1S/C13H23N3O3/c1-13(2,3)15-12(18)16-6-7-19-8-10(16)11(17)14-9-4-5-9/h9-10H,4-8H2,1-3H3,(H,14,17)(H,15,18). The van der Waals surface area contributed by atoms with Gasteiger partial charge in [-0.05, 0) is 33.6 Å². The van der Waals surface area contributed by atoms with Crippen LogP contribution < -0.4 is 10.6 Å². The molecule has 0 spiro atoms. The van der Waals surface area contributed by atoms with E-state index in [1.54, 1.807) is 4.90 Å². The minimum atomic E-state index is -0.517. The minimum absolute atomic E-state index is 0.105. The first-order valence-electron chi connectivity index (χ1n) is 6.84. The van der Waals surface area contributed by atoms with Crippen LogP contribution in [0.1, 0.15) is 33.6 Å². The lowest BCUT2D eigenvalue weighted by atomic mass is 10.1. The van der Waals surface area contributed by atoms with Gasteiger partial charge in [0, 0.05) is 18.1 Å². The second kappa shape index (κ2) is 5.36. The highest BCUT2D eigenvalue weighted by atomic mass is 16.5. The molecular weight excluding hydrogens is 246 g/mol. The number of urea groups is 1. The van der Waals surface area contributed by atoms with Crippen LogP contribution in [0, 0.1) is 0 Å². The monoisotopic (exact) mass is 269 g/mol.